The summed E-state index contributed by atoms with van der Waals surface area (Å²) in [5.41, 5.74) is 1.91. The fraction of sp³-hybridized carbons (Fsp3) is 0.533. The Morgan fingerprint density at radius 1 is 1.15 bits per heavy atom. The summed E-state index contributed by atoms with van der Waals surface area (Å²) in [6.07, 6.45) is 5.18. The van der Waals surface area contributed by atoms with Crippen LogP contribution >= 0.6 is 23.2 Å². The fourth-order valence-corrected chi connectivity index (χ4v) is 5.76. The van der Waals surface area contributed by atoms with Crippen LogP contribution in [0.25, 0.3) is 0 Å². The number of aliphatic hydroxyl groups excluding tert-OH is 1. The highest BCUT2D eigenvalue weighted by atomic mass is 35.5. The van der Waals surface area contributed by atoms with Crippen LogP contribution in [0, 0.1) is 5.92 Å². The highest BCUT2D eigenvalue weighted by Gasteiger charge is 2.33. The second-order valence-electron chi connectivity index (χ2n) is 11.2. The molecule has 2 aromatic carbocycles. The first-order valence-electron chi connectivity index (χ1n) is 14.1. The number of benzene rings is 2. The van der Waals surface area contributed by atoms with Gasteiger partial charge in [0.2, 0.25) is 0 Å². The molecule has 0 saturated heterocycles. The molecule has 0 spiro atoms. The van der Waals surface area contributed by atoms with Crippen LogP contribution in [0.2, 0.25) is 10.0 Å². The van der Waals surface area contributed by atoms with Crippen molar-refractivity contribution < 1.29 is 19.4 Å². The summed E-state index contributed by atoms with van der Waals surface area (Å²) in [5.74, 6) is 0.210. The van der Waals surface area contributed by atoms with Crippen LogP contribution < -0.4 is 15.4 Å². The number of hydrogen-bond donors (Lipinski definition) is 3. The van der Waals surface area contributed by atoms with Gasteiger partial charge in [0.15, 0.2) is 0 Å². The fourth-order valence-electron chi connectivity index (χ4n) is 5.44. The zero-order valence-corrected chi connectivity index (χ0v) is 25.0. The van der Waals surface area contributed by atoms with Crippen LogP contribution in [-0.4, -0.2) is 71.8 Å². The van der Waals surface area contributed by atoms with Crippen molar-refractivity contribution in [1.29, 1.82) is 0 Å². The lowest BCUT2D eigenvalue weighted by Gasteiger charge is -2.38. The van der Waals surface area contributed by atoms with Crippen LogP contribution in [0.3, 0.4) is 0 Å². The Balaban J connectivity index is 1.53. The summed E-state index contributed by atoms with van der Waals surface area (Å²) in [6.45, 7) is 5.39. The largest absolute Gasteiger partial charge is 0.488 e. The topological polar surface area (TPSA) is 94.1 Å². The van der Waals surface area contributed by atoms with E-state index in [0.717, 1.165) is 31.2 Å². The first kappa shape index (κ1) is 30.4. The molecule has 40 heavy (non-hydrogen) atoms. The minimum absolute atomic E-state index is 0.0126. The molecular formula is C30H40Cl2N4O4. The van der Waals surface area contributed by atoms with Crippen LogP contribution in [0.15, 0.2) is 36.4 Å². The minimum atomic E-state index is -0.373. The quantitative estimate of drug-likeness (QED) is 0.361. The Kier molecular flexibility index (Phi) is 10.6. The van der Waals surface area contributed by atoms with Gasteiger partial charge in [0.25, 0.3) is 5.91 Å². The molecular weight excluding hydrogens is 551 g/mol. The summed E-state index contributed by atoms with van der Waals surface area (Å²) < 4.78 is 6.49. The summed E-state index contributed by atoms with van der Waals surface area (Å²) in [5, 5.41) is 16.9. The van der Waals surface area contributed by atoms with Crippen molar-refractivity contribution in [2.75, 3.05) is 32.1 Å². The van der Waals surface area contributed by atoms with E-state index in [1.54, 1.807) is 29.2 Å². The van der Waals surface area contributed by atoms with Crippen molar-refractivity contribution in [3.63, 3.8) is 0 Å². The van der Waals surface area contributed by atoms with Crippen molar-refractivity contribution in [2.45, 2.75) is 70.7 Å². The molecule has 0 radical (unpaired) electrons. The molecule has 10 heteroatoms. The number of carbonyl (C=O) groups is 2. The highest BCUT2D eigenvalue weighted by Crippen LogP contribution is 2.31. The molecule has 3 amide bonds. The van der Waals surface area contributed by atoms with Crippen LogP contribution in [0.1, 0.15) is 61.9 Å². The third-order valence-corrected chi connectivity index (χ3v) is 8.53. The van der Waals surface area contributed by atoms with E-state index in [-0.39, 0.29) is 42.7 Å². The van der Waals surface area contributed by atoms with Gasteiger partial charge in [0.05, 0.1) is 28.3 Å². The molecule has 3 atom stereocenters. The van der Waals surface area contributed by atoms with E-state index in [4.69, 9.17) is 27.9 Å². The number of hydrogen-bond acceptors (Lipinski definition) is 5. The molecule has 1 saturated carbocycles. The number of likely N-dealkylation sites (N-methyl/N-ethyl adjacent to an activating group) is 1. The van der Waals surface area contributed by atoms with Gasteiger partial charge in [-0.25, -0.2) is 4.79 Å². The second kappa shape index (κ2) is 13.9. The normalized spacial score (nSPS) is 20.8. The van der Waals surface area contributed by atoms with E-state index in [9.17, 15) is 14.7 Å². The Bertz CT molecular complexity index is 1190. The van der Waals surface area contributed by atoms with Gasteiger partial charge in [-0.15, -0.1) is 0 Å². The van der Waals surface area contributed by atoms with E-state index in [2.05, 4.69) is 22.5 Å². The SMILES string of the molecule is C[C@@H]1CN([C@@H](C)CO)C(=O)c2cc(NC(=O)NC3CCCCC3)ccc2O[C@H]1CN(C)Cc1ccc(Cl)c(Cl)c1. The highest BCUT2D eigenvalue weighted by molar-refractivity contribution is 6.42. The van der Waals surface area contributed by atoms with E-state index in [1.807, 2.05) is 26.1 Å². The summed E-state index contributed by atoms with van der Waals surface area (Å²) in [4.78, 5) is 30.2. The molecule has 1 heterocycles. The molecule has 0 aromatic heterocycles. The van der Waals surface area contributed by atoms with Gasteiger partial charge in [-0.1, -0.05) is 55.5 Å². The van der Waals surface area contributed by atoms with Gasteiger partial charge in [-0.3, -0.25) is 9.69 Å². The van der Waals surface area contributed by atoms with Crippen molar-refractivity contribution in [3.05, 3.63) is 57.6 Å². The molecule has 2 aliphatic rings. The maximum absolute atomic E-state index is 13.7. The molecule has 4 rings (SSSR count). The van der Waals surface area contributed by atoms with Crippen molar-refractivity contribution >= 4 is 40.8 Å². The molecule has 1 fully saturated rings. The van der Waals surface area contributed by atoms with Crippen molar-refractivity contribution in [3.8, 4) is 5.75 Å². The predicted octanol–water partition coefficient (Wildman–Crippen LogP) is 5.80. The molecule has 0 bridgehead atoms. The van der Waals surface area contributed by atoms with Crippen molar-refractivity contribution in [1.82, 2.24) is 15.1 Å². The van der Waals surface area contributed by atoms with Crippen molar-refractivity contribution in [2.24, 2.45) is 5.92 Å². The van der Waals surface area contributed by atoms with Crippen LogP contribution in [0.5, 0.6) is 5.75 Å². The van der Waals surface area contributed by atoms with Gasteiger partial charge in [-0.2, -0.15) is 0 Å². The summed E-state index contributed by atoms with van der Waals surface area (Å²) >= 11 is 12.3. The Hall–Kier alpha value is -2.52. The number of nitrogens with one attached hydrogen (secondary N) is 2. The van der Waals surface area contributed by atoms with Gasteiger partial charge >= 0.3 is 6.03 Å². The van der Waals surface area contributed by atoms with Crippen LogP contribution in [0.4, 0.5) is 10.5 Å². The first-order chi connectivity index (χ1) is 19.1. The molecule has 0 unspecified atom stereocenters. The third kappa shape index (κ3) is 7.81. The third-order valence-electron chi connectivity index (χ3n) is 7.79. The molecule has 218 valence electrons. The Morgan fingerprint density at radius 3 is 2.60 bits per heavy atom. The number of halogens is 2. The lowest BCUT2D eigenvalue weighted by molar-refractivity contribution is 0.0341. The number of fused-ring (bicyclic) bond motifs is 1. The average Bonchev–Trinajstić information content (AvgIpc) is 2.93. The molecule has 1 aliphatic heterocycles. The smallest absolute Gasteiger partial charge is 0.319 e. The molecule has 1 aliphatic carbocycles. The number of nitrogens with zero attached hydrogens (tertiary/aromatic N) is 2. The lowest BCUT2D eigenvalue weighted by atomic mass is 9.96. The molecule has 2 aromatic rings. The number of aliphatic hydroxyl groups is 1. The van der Waals surface area contributed by atoms with E-state index >= 15 is 0 Å². The number of anilines is 1. The van der Waals surface area contributed by atoms with Gasteiger partial charge in [0.1, 0.15) is 11.9 Å². The minimum Gasteiger partial charge on any atom is -0.488 e. The monoisotopic (exact) mass is 590 g/mol. The second-order valence-corrected chi connectivity index (χ2v) is 12.0. The van der Waals surface area contributed by atoms with E-state index in [1.165, 1.54) is 6.42 Å². The zero-order valence-electron chi connectivity index (χ0n) is 23.5. The Morgan fingerprint density at radius 2 is 1.90 bits per heavy atom. The van der Waals surface area contributed by atoms with E-state index in [0.29, 0.717) is 46.7 Å². The summed E-state index contributed by atoms with van der Waals surface area (Å²) in [7, 11) is 2.01. The number of rotatable bonds is 8. The van der Waals surface area contributed by atoms with Crippen LogP contribution in [-0.2, 0) is 6.54 Å². The standard InChI is InChI=1S/C30H40Cl2N4O4/c1-19-15-36(20(2)18-37)29(38)24-14-23(34-30(39)33-22-7-5-4-6-8-22)10-12-27(24)40-28(19)17-35(3)16-21-9-11-25(31)26(32)13-21/h9-14,19-20,22,28,37H,4-8,15-18H2,1-3H3,(H2,33,34,39)/t19-,20+,28+/m1/s1. The zero-order chi connectivity index (χ0) is 28.8. The maximum Gasteiger partial charge on any atom is 0.319 e. The number of urea groups is 1. The Labute approximate surface area is 247 Å². The predicted molar refractivity (Wildman–Crippen MR) is 159 cm³/mol. The molecule has 3 N–H and O–H groups in total. The number of carbonyl (C=O) groups excluding carboxylic acids is 2. The molecule has 8 nitrogen and oxygen atoms in total. The van der Waals surface area contributed by atoms with E-state index < -0.39 is 0 Å². The van der Waals surface area contributed by atoms with Gasteiger partial charge in [0, 0.05) is 37.3 Å². The lowest BCUT2D eigenvalue weighted by Crippen LogP contribution is -2.49. The maximum atomic E-state index is 13.7. The summed E-state index contributed by atoms with van der Waals surface area (Å²) in [6, 6.07) is 10.3. The van der Waals surface area contributed by atoms with Gasteiger partial charge in [-0.05, 0) is 62.7 Å². The number of ether oxygens (including phenoxy) is 1. The average molecular weight is 592 g/mol. The first-order valence-corrected chi connectivity index (χ1v) is 14.8. The van der Waals surface area contributed by atoms with Gasteiger partial charge < -0.3 is 25.4 Å². The number of amides is 3.